The van der Waals surface area contributed by atoms with Crippen molar-refractivity contribution >= 4 is 16.6 Å². The van der Waals surface area contributed by atoms with Gasteiger partial charge in [-0.05, 0) is 26.1 Å². The lowest BCUT2D eigenvalue weighted by Gasteiger charge is -2.22. The number of nitrogens with one attached hydrogen (secondary N) is 1. The number of anilines is 1. The summed E-state index contributed by atoms with van der Waals surface area (Å²) in [5.41, 5.74) is 2.53. The minimum atomic E-state index is 0.630. The van der Waals surface area contributed by atoms with Gasteiger partial charge in [0.05, 0.1) is 16.8 Å². The fraction of sp³-hybridized carbons (Fsp3) is 0.333. The molecule has 0 fully saturated rings. The first kappa shape index (κ1) is 13.3. The number of nitrogens with zero attached hydrogens (tertiary/aromatic N) is 3. The van der Waals surface area contributed by atoms with Gasteiger partial charge < -0.3 is 10.2 Å². The number of fused-ring (bicyclic) bond motifs is 1. The summed E-state index contributed by atoms with van der Waals surface area (Å²) in [5.74, 6) is 0. The van der Waals surface area contributed by atoms with Gasteiger partial charge in [-0.15, -0.1) is 0 Å². The molecule has 98 valence electrons. The Morgan fingerprint density at radius 3 is 2.89 bits per heavy atom. The lowest BCUT2D eigenvalue weighted by atomic mass is 10.1. The zero-order valence-electron chi connectivity index (χ0n) is 11.3. The highest BCUT2D eigenvalue weighted by atomic mass is 15.1. The summed E-state index contributed by atoms with van der Waals surface area (Å²) in [6, 6.07) is 10.2. The average Bonchev–Trinajstić information content (AvgIpc) is 2.46. The van der Waals surface area contributed by atoms with Crippen LogP contribution >= 0.6 is 0 Å². The highest BCUT2D eigenvalue weighted by molar-refractivity contribution is 5.94. The van der Waals surface area contributed by atoms with Crippen molar-refractivity contribution in [1.29, 1.82) is 5.26 Å². The van der Waals surface area contributed by atoms with Gasteiger partial charge in [0.15, 0.2) is 0 Å². The highest BCUT2D eigenvalue weighted by Gasteiger charge is 2.12. The molecule has 4 nitrogen and oxygen atoms in total. The molecule has 0 aliphatic carbocycles. The molecule has 0 atom stereocenters. The van der Waals surface area contributed by atoms with Crippen LogP contribution in [0.2, 0.25) is 0 Å². The first-order valence-corrected chi connectivity index (χ1v) is 6.41. The minimum Gasteiger partial charge on any atom is -0.373 e. The zero-order valence-corrected chi connectivity index (χ0v) is 11.3. The largest absolute Gasteiger partial charge is 0.373 e. The quantitative estimate of drug-likeness (QED) is 0.831. The van der Waals surface area contributed by atoms with Crippen molar-refractivity contribution < 1.29 is 0 Å². The Morgan fingerprint density at radius 2 is 2.16 bits per heavy atom. The third-order valence-corrected chi connectivity index (χ3v) is 3.17. The Labute approximate surface area is 113 Å². The Kier molecular flexibility index (Phi) is 4.32. The molecular formula is C15H18N4. The number of pyridine rings is 1. The van der Waals surface area contributed by atoms with E-state index in [2.05, 4.69) is 21.3 Å². The maximum atomic E-state index is 9.27. The maximum absolute atomic E-state index is 9.27. The van der Waals surface area contributed by atoms with Crippen LogP contribution in [0.5, 0.6) is 0 Å². The van der Waals surface area contributed by atoms with Gasteiger partial charge in [-0.2, -0.15) is 5.26 Å². The predicted octanol–water partition coefficient (Wildman–Crippen LogP) is 2.15. The van der Waals surface area contributed by atoms with Crippen LogP contribution in [-0.2, 0) is 0 Å². The van der Waals surface area contributed by atoms with Crippen molar-refractivity contribution in [1.82, 2.24) is 10.3 Å². The number of para-hydroxylation sites is 1. The third-order valence-electron chi connectivity index (χ3n) is 3.17. The highest BCUT2D eigenvalue weighted by Crippen LogP contribution is 2.28. The lowest BCUT2D eigenvalue weighted by molar-refractivity contribution is 0.713. The summed E-state index contributed by atoms with van der Waals surface area (Å²) < 4.78 is 0. The molecule has 0 aliphatic heterocycles. The van der Waals surface area contributed by atoms with Crippen LogP contribution in [0.4, 0.5) is 5.69 Å². The molecule has 1 aromatic heterocycles. The van der Waals surface area contributed by atoms with Crippen LogP contribution < -0.4 is 10.2 Å². The van der Waals surface area contributed by atoms with E-state index in [0.29, 0.717) is 5.56 Å². The number of benzene rings is 1. The van der Waals surface area contributed by atoms with Gasteiger partial charge in [0.25, 0.3) is 0 Å². The Hall–Kier alpha value is -2.12. The molecule has 2 aromatic rings. The van der Waals surface area contributed by atoms with Crippen LogP contribution in [0.3, 0.4) is 0 Å². The summed E-state index contributed by atoms with van der Waals surface area (Å²) in [6.45, 7) is 1.87. The molecule has 0 saturated carbocycles. The van der Waals surface area contributed by atoms with E-state index in [1.54, 1.807) is 6.20 Å². The minimum absolute atomic E-state index is 0.630. The summed E-state index contributed by atoms with van der Waals surface area (Å²) >= 11 is 0. The molecular weight excluding hydrogens is 236 g/mol. The van der Waals surface area contributed by atoms with Crippen LogP contribution in [-0.4, -0.2) is 32.2 Å². The van der Waals surface area contributed by atoms with Crippen molar-refractivity contribution in [2.24, 2.45) is 0 Å². The van der Waals surface area contributed by atoms with Gasteiger partial charge in [-0.1, -0.05) is 18.2 Å². The topological polar surface area (TPSA) is 52.0 Å². The summed E-state index contributed by atoms with van der Waals surface area (Å²) in [4.78, 5) is 6.47. The van der Waals surface area contributed by atoms with Gasteiger partial charge in [-0.3, -0.25) is 4.98 Å². The van der Waals surface area contributed by atoms with Crippen molar-refractivity contribution in [3.05, 3.63) is 36.0 Å². The van der Waals surface area contributed by atoms with Crippen LogP contribution in [0.25, 0.3) is 10.9 Å². The second-order valence-corrected chi connectivity index (χ2v) is 4.53. The summed E-state index contributed by atoms with van der Waals surface area (Å²) in [5, 5.41) is 13.4. The normalized spacial score (nSPS) is 10.4. The number of hydrogen-bond acceptors (Lipinski definition) is 4. The fourth-order valence-corrected chi connectivity index (χ4v) is 2.22. The Bertz CT molecular complexity index is 601. The van der Waals surface area contributed by atoms with E-state index in [4.69, 9.17) is 0 Å². The number of nitriles is 1. The van der Waals surface area contributed by atoms with E-state index in [9.17, 15) is 5.26 Å². The van der Waals surface area contributed by atoms with Crippen LogP contribution in [0, 0.1) is 11.3 Å². The predicted molar refractivity (Wildman–Crippen MR) is 78.3 cm³/mol. The molecule has 0 aliphatic rings. The van der Waals surface area contributed by atoms with Crippen molar-refractivity contribution in [3.63, 3.8) is 0 Å². The van der Waals surface area contributed by atoms with Gasteiger partial charge in [-0.25, -0.2) is 0 Å². The number of hydrogen-bond donors (Lipinski definition) is 1. The summed E-state index contributed by atoms with van der Waals surface area (Å²) in [7, 11) is 3.97. The second kappa shape index (κ2) is 6.17. The van der Waals surface area contributed by atoms with E-state index in [1.165, 1.54) is 0 Å². The van der Waals surface area contributed by atoms with Crippen LogP contribution in [0.1, 0.15) is 12.0 Å². The number of aromatic nitrogens is 1. The van der Waals surface area contributed by atoms with Crippen LogP contribution in [0.15, 0.2) is 30.5 Å². The lowest BCUT2D eigenvalue weighted by Crippen LogP contribution is -2.23. The molecule has 0 bridgehead atoms. The first-order chi connectivity index (χ1) is 9.27. The monoisotopic (exact) mass is 254 g/mol. The molecule has 0 saturated heterocycles. The van der Waals surface area contributed by atoms with E-state index in [1.807, 2.05) is 38.4 Å². The molecule has 1 aromatic carbocycles. The van der Waals surface area contributed by atoms with E-state index in [-0.39, 0.29) is 0 Å². The number of rotatable bonds is 5. The molecule has 2 rings (SSSR count). The average molecular weight is 254 g/mol. The first-order valence-electron chi connectivity index (χ1n) is 6.41. The molecule has 1 N–H and O–H groups in total. The smallest absolute Gasteiger partial charge is 0.103 e. The van der Waals surface area contributed by atoms with Gasteiger partial charge in [0.2, 0.25) is 0 Å². The van der Waals surface area contributed by atoms with Gasteiger partial charge >= 0.3 is 0 Å². The Morgan fingerprint density at radius 1 is 1.37 bits per heavy atom. The SMILES string of the molecule is CNCCCN(C)c1c(C#N)cnc2ccccc12. The summed E-state index contributed by atoms with van der Waals surface area (Å²) in [6.07, 6.45) is 2.70. The zero-order chi connectivity index (χ0) is 13.7. The van der Waals surface area contributed by atoms with Crippen molar-refractivity contribution in [2.45, 2.75) is 6.42 Å². The molecule has 4 heteroatoms. The maximum Gasteiger partial charge on any atom is 0.103 e. The Balaban J connectivity index is 2.41. The molecule has 0 amide bonds. The molecule has 19 heavy (non-hydrogen) atoms. The van der Waals surface area contributed by atoms with E-state index < -0.39 is 0 Å². The third kappa shape index (κ3) is 2.83. The van der Waals surface area contributed by atoms with E-state index in [0.717, 1.165) is 36.1 Å². The molecule has 1 heterocycles. The molecule has 0 radical (unpaired) electrons. The van der Waals surface area contributed by atoms with Gasteiger partial charge in [0.1, 0.15) is 6.07 Å². The fourth-order valence-electron chi connectivity index (χ4n) is 2.22. The van der Waals surface area contributed by atoms with Crippen molar-refractivity contribution in [2.75, 3.05) is 32.1 Å². The second-order valence-electron chi connectivity index (χ2n) is 4.53. The van der Waals surface area contributed by atoms with Gasteiger partial charge in [0, 0.05) is 25.2 Å². The van der Waals surface area contributed by atoms with Crippen molar-refractivity contribution in [3.8, 4) is 6.07 Å². The van der Waals surface area contributed by atoms with E-state index >= 15 is 0 Å². The molecule has 0 unspecified atom stereocenters. The molecule has 0 spiro atoms. The standard InChI is InChI=1S/C15H18N4/c1-17-8-5-9-19(2)15-12(10-16)11-18-14-7-4-3-6-13(14)15/h3-4,6-7,11,17H,5,8-9H2,1-2H3.